The number of nitrogens with zero attached hydrogens (tertiary/aromatic N) is 3. The topological polar surface area (TPSA) is 57.6 Å². The quantitative estimate of drug-likeness (QED) is 0.393. The molecule has 30 heavy (non-hydrogen) atoms. The van der Waals surface area contributed by atoms with Crippen LogP contribution in [0.1, 0.15) is 15.9 Å². The molecule has 5 nitrogen and oxygen atoms in total. The molecule has 1 N–H and O–H groups in total. The minimum atomic E-state index is -0.271. The zero-order chi connectivity index (χ0) is 20.9. The van der Waals surface area contributed by atoms with Gasteiger partial charge >= 0.3 is 0 Å². The van der Waals surface area contributed by atoms with Gasteiger partial charge < -0.3 is 4.90 Å². The Morgan fingerprint density at radius 3 is 2.37 bits per heavy atom. The van der Waals surface area contributed by atoms with E-state index in [1.54, 1.807) is 6.21 Å². The third kappa shape index (κ3) is 4.20. The molecule has 0 atom stereocenters. The van der Waals surface area contributed by atoms with Crippen molar-refractivity contribution < 1.29 is 4.79 Å². The van der Waals surface area contributed by atoms with Gasteiger partial charge in [0.1, 0.15) is 0 Å². The van der Waals surface area contributed by atoms with Crippen LogP contribution in [0.25, 0.3) is 22.2 Å². The zero-order valence-corrected chi connectivity index (χ0v) is 16.9. The van der Waals surface area contributed by atoms with E-state index in [0.717, 1.165) is 33.4 Å². The van der Waals surface area contributed by atoms with Gasteiger partial charge in [0.2, 0.25) is 0 Å². The number of aromatic nitrogens is 1. The molecule has 148 valence electrons. The predicted octanol–water partition coefficient (Wildman–Crippen LogP) is 4.73. The van der Waals surface area contributed by atoms with Crippen molar-refractivity contribution in [2.45, 2.75) is 0 Å². The Hall–Kier alpha value is -3.99. The summed E-state index contributed by atoms with van der Waals surface area (Å²) in [6.45, 7) is 0. The van der Waals surface area contributed by atoms with Crippen molar-refractivity contribution in [2.75, 3.05) is 19.0 Å². The van der Waals surface area contributed by atoms with E-state index in [2.05, 4.69) is 10.5 Å². The number of amides is 1. The van der Waals surface area contributed by atoms with Gasteiger partial charge in [0, 0.05) is 30.7 Å². The number of anilines is 1. The van der Waals surface area contributed by atoms with Crippen LogP contribution in [-0.4, -0.2) is 31.2 Å². The molecule has 0 aliphatic heterocycles. The molecule has 0 unspecified atom stereocenters. The number of fused-ring (bicyclic) bond motifs is 1. The first-order valence-corrected chi connectivity index (χ1v) is 9.68. The summed E-state index contributed by atoms with van der Waals surface area (Å²) >= 11 is 0. The summed E-state index contributed by atoms with van der Waals surface area (Å²) in [5.74, 6) is -0.271. The molecule has 4 rings (SSSR count). The van der Waals surface area contributed by atoms with Gasteiger partial charge in [0.15, 0.2) is 0 Å². The van der Waals surface area contributed by atoms with Crippen LogP contribution in [0.2, 0.25) is 0 Å². The number of benzene rings is 3. The van der Waals surface area contributed by atoms with Crippen LogP contribution < -0.4 is 10.3 Å². The molecule has 1 amide bonds. The van der Waals surface area contributed by atoms with E-state index >= 15 is 0 Å². The summed E-state index contributed by atoms with van der Waals surface area (Å²) in [7, 11) is 3.98. The van der Waals surface area contributed by atoms with Gasteiger partial charge in [-0.3, -0.25) is 4.79 Å². The molecule has 0 fully saturated rings. The summed E-state index contributed by atoms with van der Waals surface area (Å²) in [5, 5.41) is 4.93. The van der Waals surface area contributed by atoms with Crippen LogP contribution in [0.3, 0.4) is 0 Å². The number of carbonyl (C=O) groups is 1. The lowest BCUT2D eigenvalue weighted by Crippen LogP contribution is -2.18. The molecule has 4 aromatic rings. The smallest absolute Gasteiger partial charge is 0.272 e. The number of para-hydroxylation sites is 1. The van der Waals surface area contributed by atoms with E-state index in [1.165, 1.54) is 0 Å². The number of hydrogen-bond acceptors (Lipinski definition) is 4. The minimum absolute atomic E-state index is 0.271. The Morgan fingerprint density at radius 2 is 1.63 bits per heavy atom. The predicted molar refractivity (Wildman–Crippen MR) is 123 cm³/mol. The number of hydrogen-bond donors (Lipinski definition) is 1. The van der Waals surface area contributed by atoms with E-state index in [-0.39, 0.29) is 5.91 Å². The Labute approximate surface area is 175 Å². The molecular formula is C25H22N4O. The van der Waals surface area contributed by atoms with Crippen molar-refractivity contribution >= 4 is 28.7 Å². The summed E-state index contributed by atoms with van der Waals surface area (Å²) in [4.78, 5) is 19.7. The Morgan fingerprint density at radius 1 is 0.933 bits per heavy atom. The fourth-order valence-corrected chi connectivity index (χ4v) is 3.20. The van der Waals surface area contributed by atoms with E-state index < -0.39 is 0 Å². The Bertz CT molecular complexity index is 1200. The Balaban J connectivity index is 1.61. The zero-order valence-electron chi connectivity index (χ0n) is 16.9. The monoisotopic (exact) mass is 394 g/mol. The van der Waals surface area contributed by atoms with Crippen LogP contribution in [0, 0.1) is 0 Å². The second kappa shape index (κ2) is 8.57. The van der Waals surface area contributed by atoms with Crippen LogP contribution >= 0.6 is 0 Å². The molecule has 5 heteroatoms. The van der Waals surface area contributed by atoms with Crippen LogP contribution in [0.4, 0.5) is 5.69 Å². The van der Waals surface area contributed by atoms with Crippen molar-refractivity contribution in [2.24, 2.45) is 5.10 Å². The highest BCUT2D eigenvalue weighted by Crippen LogP contribution is 2.24. The van der Waals surface area contributed by atoms with Gasteiger partial charge in [-0.25, -0.2) is 10.4 Å². The van der Waals surface area contributed by atoms with Gasteiger partial charge in [-0.1, -0.05) is 60.7 Å². The van der Waals surface area contributed by atoms with Crippen molar-refractivity contribution in [1.29, 1.82) is 0 Å². The summed E-state index contributed by atoms with van der Waals surface area (Å²) < 4.78 is 0. The van der Waals surface area contributed by atoms with Crippen molar-refractivity contribution in [3.05, 3.63) is 96.1 Å². The fourth-order valence-electron chi connectivity index (χ4n) is 3.20. The first-order chi connectivity index (χ1) is 14.6. The second-order valence-electron chi connectivity index (χ2n) is 7.12. The first-order valence-electron chi connectivity index (χ1n) is 9.68. The third-order valence-corrected chi connectivity index (χ3v) is 4.82. The molecule has 0 saturated heterocycles. The molecule has 0 spiro atoms. The molecule has 3 aromatic carbocycles. The Kier molecular flexibility index (Phi) is 5.52. The van der Waals surface area contributed by atoms with Crippen molar-refractivity contribution in [3.63, 3.8) is 0 Å². The molecule has 0 aliphatic rings. The summed E-state index contributed by atoms with van der Waals surface area (Å²) in [6.07, 6.45) is 1.64. The lowest BCUT2D eigenvalue weighted by atomic mass is 10.0. The number of nitrogens with one attached hydrogen (secondary N) is 1. The number of carbonyl (C=O) groups excluding carboxylic acids is 1. The van der Waals surface area contributed by atoms with Gasteiger partial charge in [0.25, 0.3) is 5.91 Å². The molecule has 0 aliphatic carbocycles. The molecule has 1 heterocycles. The molecule has 0 bridgehead atoms. The average molecular weight is 394 g/mol. The van der Waals surface area contributed by atoms with E-state index in [9.17, 15) is 4.79 Å². The maximum atomic E-state index is 12.9. The third-order valence-electron chi connectivity index (χ3n) is 4.82. The highest BCUT2D eigenvalue weighted by molar-refractivity contribution is 6.07. The fraction of sp³-hybridized carbons (Fsp3) is 0.0800. The van der Waals surface area contributed by atoms with Crippen molar-refractivity contribution in [1.82, 2.24) is 10.4 Å². The molecule has 0 radical (unpaired) electrons. The van der Waals surface area contributed by atoms with Crippen LogP contribution in [0.5, 0.6) is 0 Å². The van der Waals surface area contributed by atoms with Crippen molar-refractivity contribution in [3.8, 4) is 11.3 Å². The van der Waals surface area contributed by atoms with Gasteiger partial charge in [0.05, 0.1) is 23.0 Å². The van der Waals surface area contributed by atoms with E-state index in [4.69, 9.17) is 4.98 Å². The first kappa shape index (κ1) is 19.3. The SMILES string of the molecule is CN(C)c1ccc(/C=N/NC(=O)c2cc(-c3ccccc3)nc3ccccc23)cc1. The maximum Gasteiger partial charge on any atom is 0.272 e. The van der Waals surface area contributed by atoms with E-state index in [0.29, 0.717) is 5.56 Å². The van der Waals surface area contributed by atoms with Gasteiger partial charge in [-0.15, -0.1) is 0 Å². The number of hydrazone groups is 1. The largest absolute Gasteiger partial charge is 0.378 e. The lowest BCUT2D eigenvalue weighted by molar-refractivity contribution is 0.0956. The lowest BCUT2D eigenvalue weighted by Gasteiger charge is -2.11. The van der Waals surface area contributed by atoms with Gasteiger partial charge in [-0.05, 0) is 29.8 Å². The van der Waals surface area contributed by atoms with Crippen LogP contribution in [0.15, 0.2) is 90.0 Å². The molecular weight excluding hydrogens is 372 g/mol. The van der Waals surface area contributed by atoms with Crippen LogP contribution in [-0.2, 0) is 0 Å². The standard InChI is InChI=1S/C25H22N4O/c1-29(2)20-14-12-18(13-15-20)17-26-28-25(30)22-16-24(19-8-4-3-5-9-19)27-23-11-7-6-10-21(22)23/h3-17H,1-2H3,(H,28,30)/b26-17+. The highest BCUT2D eigenvalue weighted by Gasteiger charge is 2.13. The molecule has 0 saturated carbocycles. The number of pyridine rings is 1. The average Bonchev–Trinajstić information content (AvgIpc) is 2.79. The maximum absolute atomic E-state index is 12.9. The number of rotatable bonds is 5. The normalized spacial score (nSPS) is 11.0. The minimum Gasteiger partial charge on any atom is -0.378 e. The highest BCUT2D eigenvalue weighted by atomic mass is 16.2. The second-order valence-corrected chi connectivity index (χ2v) is 7.12. The van der Waals surface area contributed by atoms with Gasteiger partial charge in [-0.2, -0.15) is 5.10 Å². The molecule has 1 aromatic heterocycles. The van der Waals surface area contributed by atoms with E-state index in [1.807, 2.05) is 104 Å². The summed E-state index contributed by atoms with van der Waals surface area (Å²) in [6, 6.07) is 27.2. The summed E-state index contributed by atoms with van der Waals surface area (Å²) in [5.41, 5.74) is 7.68.